The number of benzene rings is 1. The van der Waals surface area contributed by atoms with Crippen LogP contribution in [0.4, 0.5) is 0 Å². The minimum Gasteiger partial charge on any atom is -0.504 e. The van der Waals surface area contributed by atoms with Crippen LogP contribution in [0.1, 0.15) is 24.2 Å². The van der Waals surface area contributed by atoms with Crippen molar-refractivity contribution in [3.05, 3.63) is 41.7 Å². The lowest BCUT2D eigenvalue weighted by molar-refractivity contribution is 0.372. The van der Waals surface area contributed by atoms with Crippen LogP contribution in [0.25, 0.3) is 0 Å². The maximum Gasteiger partial charge on any atom is 0.160 e. The second-order valence-electron chi connectivity index (χ2n) is 4.52. The number of rotatable bonds is 5. The standard InChI is InChI=1S/C14H19N3O2/c1-10(12-6-7-17(2)16-12)15-9-11-4-5-13(18)14(8-11)19-3/h4-8,10,15,18H,9H2,1-3H3. The van der Waals surface area contributed by atoms with Crippen LogP contribution >= 0.6 is 0 Å². The lowest BCUT2D eigenvalue weighted by Crippen LogP contribution is -2.18. The third-order valence-electron chi connectivity index (χ3n) is 3.03. The molecule has 0 saturated heterocycles. The molecule has 1 unspecified atom stereocenters. The zero-order valence-electron chi connectivity index (χ0n) is 11.4. The summed E-state index contributed by atoms with van der Waals surface area (Å²) in [5.41, 5.74) is 2.06. The van der Waals surface area contributed by atoms with Gasteiger partial charge in [0.1, 0.15) is 0 Å². The molecule has 2 rings (SSSR count). The highest BCUT2D eigenvalue weighted by Crippen LogP contribution is 2.26. The van der Waals surface area contributed by atoms with Crippen LogP contribution in [0.15, 0.2) is 30.5 Å². The summed E-state index contributed by atoms with van der Waals surface area (Å²) in [6, 6.07) is 7.50. The number of nitrogens with one attached hydrogen (secondary N) is 1. The molecule has 0 aliphatic rings. The summed E-state index contributed by atoms with van der Waals surface area (Å²) >= 11 is 0. The van der Waals surface area contributed by atoms with Crippen molar-refractivity contribution in [2.75, 3.05) is 7.11 Å². The largest absolute Gasteiger partial charge is 0.504 e. The molecule has 5 heteroatoms. The van der Waals surface area contributed by atoms with Gasteiger partial charge < -0.3 is 15.2 Å². The van der Waals surface area contributed by atoms with E-state index < -0.39 is 0 Å². The molecule has 0 spiro atoms. The first-order valence-electron chi connectivity index (χ1n) is 6.19. The Kier molecular flexibility index (Phi) is 4.06. The Bertz CT molecular complexity index is 551. The zero-order chi connectivity index (χ0) is 13.8. The van der Waals surface area contributed by atoms with Crippen molar-refractivity contribution >= 4 is 0 Å². The molecule has 102 valence electrons. The quantitative estimate of drug-likeness (QED) is 0.864. The Balaban J connectivity index is 1.98. The van der Waals surface area contributed by atoms with Gasteiger partial charge in [0.15, 0.2) is 11.5 Å². The van der Waals surface area contributed by atoms with E-state index >= 15 is 0 Å². The fraction of sp³-hybridized carbons (Fsp3) is 0.357. The van der Waals surface area contributed by atoms with Crippen molar-refractivity contribution in [3.63, 3.8) is 0 Å². The van der Waals surface area contributed by atoms with E-state index in [4.69, 9.17) is 4.74 Å². The average Bonchev–Trinajstić information content (AvgIpc) is 2.84. The Labute approximate surface area is 112 Å². The number of hydrogen-bond donors (Lipinski definition) is 2. The van der Waals surface area contributed by atoms with E-state index in [0.29, 0.717) is 12.3 Å². The minimum absolute atomic E-state index is 0.157. The molecule has 0 bridgehead atoms. The molecule has 0 fully saturated rings. The summed E-state index contributed by atoms with van der Waals surface area (Å²) in [6.45, 7) is 2.76. The second kappa shape index (κ2) is 5.75. The van der Waals surface area contributed by atoms with Crippen LogP contribution in [0.2, 0.25) is 0 Å². The van der Waals surface area contributed by atoms with E-state index in [2.05, 4.69) is 17.3 Å². The van der Waals surface area contributed by atoms with Crippen molar-refractivity contribution in [2.45, 2.75) is 19.5 Å². The highest BCUT2D eigenvalue weighted by atomic mass is 16.5. The molecule has 1 heterocycles. The summed E-state index contributed by atoms with van der Waals surface area (Å²) in [5.74, 6) is 0.647. The Morgan fingerprint density at radius 1 is 1.42 bits per heavy atom. The van der Waals surface area contributed by atoms with Crippen LogP contribution in [-0.2, 0) is 13.6 Å². The second-order valence-corrected chi connectivity index (χ2v) is 4.52. The molecule has 1 atom stereocenters. The van der Waals surface area contributed by atoms with Gasteiger partial charge in [0.05, 0.1) is 12.8 Å². The lowest BCUT2D eigenvalue weighted by Gasteiger charge is -2.12. The summed E-state index contributed by atoms with van der Waals surface area (Å²) < 4.78 is 6.88. The fourth-order valence-corrected chi connectivity index (χ4v) is 1.87. The van der Waals surface area contributed by atoms with Crippen molar-refractivity contribution in [3.8, 4) is 11.5 Å². The van der Waals surface area contributed by atoms with E-state index in [1.165, 1.54) is 0 Å². The van der Waals surface area contributed by atoms with Crippen LogP contribution in [-0.4, -0.2) is 22.0 Å². The average molecular weight is 261 g/mol. The number of hydrogen-bond acceptors (Lipinski definition) is 4. The highest BCUT2D eigenvalue weighted by Gasteiger charge is 2.08. The van der Waals surface area contributed by atoms with E-state index in [-0.39, 0.29) is 11.8 Å². The maximum atomic E-state index is 9.53. The van der Waals surface area contributed by atoms with Crippen LogP contribution in [0.3, 0.4) is 0 Å². The zero-order valence-corrected chi connectivity index (χ0v) is 11.4. The minimum atomic E-state index is 0.157. The van der Waals surface area contributed by atoms with Gasteiger partial charge in [-0.15, -0.1) is 0 Å². The fourth-order valence-electron chi connectivity index (χ4n) is 1.87. The first-order valence-corrected chi connectivity index (χ1v) is 6.19. The number of nitrogens with zero attached hydrogens (tertiary/aromatic N) is 2. The molecule has 0 aliphatic carbocycles. The molecule has 0 saturated carbocycles. The number of aryl methyl sites for hydroxylation is 1. The number of phenolic OH excluding ortho intramolecular Hbond substituents is 1. The normalized spacial score (nSPS) is 12.4. The Hall–Kier alpha value is -2.01. The van der Waals surface area contributed by atoms with Gasteiger partial charge in [-0.1, -0.05) is 6.07 Å². The molecular weight excluding hydrogens is 242 g/mol. The molecule has 2 aromatic rings. The molecule has 0 aliphatic heterocycles. The molecule has 19 heavy (non-hydrogen) atoms. The molecule has 1 aromatic carbocycles. The molecule has 2 N–H and O–H groups in total. The van der Waals surface area contributed by atoms with Gasteiger partial charge in [0.2, 0.25) is 0 Å². The summed E-state index contributed by atoms with van der Waals surface area (Å²) in [4.78, 5) is 0. The number of aromatic nitrogens is 2. The number of methoxy groups -OCH3 is 1. The number of aromatic hydroxyl groups is 1. The van der Waals surface area contributed by atoms with Gasteiger partial charge in [0.25, 0.3) is 0 Å². The molecule has 0 radical (unpaired) electrons. The Morgan fingerprint density at radius 3 is 2.84 bits per heavy atom. The summed E-state index contributed by atoms with van der Waals surface area (Å²) in [7, 11) is 3.45. The Morgan fingerprint density at radius 2 is 2.21 bits per heavy atom. The topological polar surface area (TPSA) is 59.3 Å². The molecule has 0 amide bonds. The van der Waals surface area contributed by atoms with Gasteiger partial charge in [-0.3, -0.25) is 4.68 Å². The smallest absolute Gasteiger partial charge is 0.160 e. The van der Waals surface area contributed by atoms with Crippen molar-refractivity contribution in [1.82, 2.24) is 15.1 Å². The van der Waals surface area contributed by atoms with Gasteiger partial charge in [-0.2, -0.15) is 5.10 Å². The maximum absolute atomic E-state index is 9.53. The van der Waals surface area contributed by atoms with Gasteiger partial charge >= 0.3 is 0 Å². The monoisotopic (exact) mass is 261 g/mol. The highest BCUT2D eigenvalue weighted by molar-refractivity contribution is 5.41. The predicted molar refractivity (Wildman–Crippen MR) is 73.1 cm³/mol. The third kappa shape index (κ3) is 3.26. The van der Waals surface area contributed by atoms with E-state index in [0.717, 1.165) is 11.3 Å². The van der Waals surface area contributed by atoms with Crippen molar-refractivity contribution in [2.24, 2.45) is 7.05 Å². The third-order valence-corrected chi connectivity index (χ3v) is 3.03. The van der Waals surface area contributed by atoms with E-state index in [1.54, 1.807) is 17.9 Å². The van der Waals surface area contributed by atoms with Crippen LogP contribution < -0.4 is 10.1 Å². The van der Waals surface area contributed by atoms with Gasteiger partial charge in [-0.25, -0.2) is 0 Å². The first kappa shape index (κ1) is 13.4. The van der Waals surface area contributed by atoms with Gasteiger partial charge in [0, 0.05) is 25.8 Å². The predicted octanol–water partition coefficient (Wildman–Crippen LogP) is 1.99. The lowest BCUT2D eigenvalue weighted by atomic mass is 10.1. The summed E-state index contributed by atoms with van der Waals surface area (Å²) in [5, 5.41) is 17.3. The number of ether oxygens (including phenoxy) is 1. The van der Waals surface area contributed by atoms with E-state index in [1.807, 2.05) is 31.4 Å². The molecule has 5 nitrogen and oxygen atoms in total. The molecule has 1 aromatic heterocycles. The van der Waals surface area contributed by atoms with Crippen LogP contribution in [0, 0.1) is 0 Å². The first-order chi connectivity index (χ1) is 9.10. The summed E-state index contributed by atoms with van der Waals surface area (Å²) in [6.07, 6.45) is 1.93. The molecular formula is C14H19N3O2. The van der Waals surface area contributed by atoms with E-state index in [9.17, 15) is 5.11 Å². The van der Waals surface area contributed by atoms with Crippen molar-refractivity contribution in [1.29, 1.82) is 0 Å². The SMILES string of the molecule is COc1cc(CNC(C)c2ccn(C)n2)ccc1O. The van der Waals surface area contributed by atoms with Crippen molar-refractivity contribution < 1.29 is 9.84 Å². The number of phenols is 1. The van der Waals surface area contributed by atoms with Crippen LogP contribution in [0.5, 0.6) is 11.5 Å². The van der Waals surface area contributed by atoms with Gasteiger partial charge in [-0.05, 0) is 30.7 Å².